The van der Waals surface area contributed by atoms with Gasteiger partial charge in [0.05, 0.1) is 5.69 Å². The normalized spacial score (nSPS) is 10.5. The van der Waals surface area contributed by atoms with E-state index in [1.807, 2.05) is 37.3 Å². The summed E-state index contributed by atoms with van der Waals surface area (Å²) in [7, 11) is 0. The standard InChI is InChI=1S/C17H14ClN3O/c1-11-15(12-5-3-2-4-6-12)21-16(19-11)17(22)20-14-9-7-13(18)8-10-14/h2-10H,1H3,(H,19,21)(H,20,22). The number of nitrogens with zero attached hydrogens (tertiary/aromatic N) is 1. The van der Waals surface area contributed by atoms with Gasteiger partial charge in [0.1, 0.15) is 0 Å². The van der Waals surface area contributed by atoms with Crippen LogP contribution >= 0.6 is 11.6 Å². The number of benzene rings is 2. The predicted octanol–water partition coefficient (Wildman–Crippen LogP) is 4.29. The van der Waals surface area contributed by atoms with Gasteiger partial charge < -0.3 is 10.3 Å². The molecule has 1 amide bonds. The van der Waals surface area contributed by atoms with Crippen molar-refractivity contribution in [2.24, 2.45) is 0 Å². The lowest BCUT2D eigenvalue weighted by molar-refractivity contribution is 0.101. The van der Waals surface area contributed by atoms with Crippen LogP contribution in [0.25, 0.3) is 11.3 Å². The summed E-state index contributed by atoms with van der Waals surface area (Å²) < 4.78 is 0. The maximum atomic E-state index is 12.3. The highest BCUT2D eigenvalue weighted by Gasteiger charge is 2.14. The van der Waals surface area contributed by atoms with E-state index in [4.69, 9.17) is 11.6 Å². The van der Waals surface area contributed by atoms with E-state index in [1.54, 1.807) is 24.3 Å². The zero-order chi connectivity index (χ0) is 15.5. The summed E-state index contributed by atoms with van der Waals surface area (Å²) in [5.74, 6) is -0.00101. The third kappa shape index (κ3) is 3.02. The van der Waals surface area contributed by atoms with Crippen LogP contribution in [0.2, 0.25) is 5.02 Å². The smallest absolute Gasteiger partial charge is 0.291 e. The summed E-state index contributed by atoms with van der Waals surface area (Å²) in [5.41, 5.74) is 3.28. The van der Waals surface area contributed by atoms with Gasteiger partial charge in [0.25, 0.3) is 5.91 Å². The van der Waals surface area contributed by atoms with Gasteiger partial charge >= 0.3 is 0 Å². The molecule has 0 radical (unpaired) electrons. The number of aromatic amines is 1. The number of halogens is 1. The van der Waals surface area contributed by atoms with Crippen LogP contribution in [-0.2, 0) is 0 Å². The number of imidazole rings is 1. The molecular weight excluding hydrogens is 298 g/mol. The number of aryl methyl sites for hydroxylation is 1. The Morgan fingerprint density at radius 1 is 1.09 bits per heavy atom. The lowest BCUT2D eigenvalue weighted by Gasteiger charge is -2.02. The second-order valence-electron chi connectivity index (χ2n) is 4.89. The van der Waals surface area contributed by atoms with Crippen molar-refractivity contribution in [2.75, 3.05) is 5.32 Å². The molecule has 3 rings (SSSR count). The number of hydrogen-bond acceptors (Lipinski definition) is 2. The summed E-state index contributed by atoms with van der Waals surface area (Å²) in [5, 5.41) is 3.41. The predicted molar refractivity (Wildman–Crippen MR) is 88.2 cm³/mol. The first kappa shape index (κ1) is 14.4. The molecule has 0 spiro atoms. The number of H-pyrrole nitrogens is 1. The number of rotatable bonds is 3. The Hall–Kier alpha value is -2.59. The molecule has 0 aliphatic heterocycles. The fourth-order valence-electron chi connectivity index (χ4n) is 2.17. The SMILES string of the molecule is Cc1[nH]c(C(=O)Nc2ccc(Cl)cc2)nc1-c1ccccc1. The van der Waals surface area contributed by atoms with Gasteiger partial charge in [-0.2, -0.15) is 0 Å². The van der Waals surface area contributed by atoms with Gasteiger partial charge in [-0.3, -0.25) is 4.79 Å². The van der Waals surface area contributed by atoms with Crippen molar-refractivity contribution in [1.29, 1.82) is 0 Å². The summed E-state index contributed by atoms with van der Waals surface area (Å²) >= 11 is 5.83. The number of hydrogen-bond donors (Lipinski definition) is 2. The lowest BCUT2D eigenvalue weighted by atomic mass is 10.1. The van der Waals surface area contributed by atoms with Crippen LogP contribution in [0.5, 0.6) is 0 Å². The third-order valence-electron chi connectivity index (χ3n) is 3.25. The van der Waals surface area contributed by atoms with Crippen LogP contribution in [0, 0.1) is 6.92 Å². The molecule has 22 heavy (non-hydrogen) atoms. The molecular formula is C17H14ClN3O. The first-order chi connectivity index (χ1) is 10.6. The molecule has 5 heteroatoms. The van der Waals surface area contributed by atoms with Gasteiger partial charge in [-0.1, -0.05) is 41.9 Å². The number of nitrogens with one attached hydrogen (secondary N) is 2. The van der Waals surface area contributed by atoms with Crippen molar-refractivity contribution in [3.63, 3.8) is 0 Å². The van der Waals surface area contributed by atoms with Crippen LogP contribution in [0.4, 0.5) is 5.69 Å². The monoisotopic (exact) mass is 311 g/mol. The number of anilines is 1. The maximum Gasteiger partial charge on any atom is 0.291 e. The van der Waals surface area contributed by atoms with Gasteiger partial charge in [0.2, 0.25) is 0 Å². The van der Waals surface area contributed by atoms with E-state index in [2.05, 4.69) is 15.3 Å². The molecule has 3 aromatic rings. The molecule has 0 aliphatic carbocycles. The second kappa shape index (κ2) is 6.03. The molecule has 110 valence electrons. The average Bonchev–Trinajstić information content (AvgIpc) is 2.92. The Bertz CT molecular complexity index is 795. The quantitative estimate of drug-likeness (QED) is 0.758. The van der Waals surface area contributed by atoms with E-state index in [0.29, 0.717) is 10.7 Å². The molecule has 0 aliphatic rings. The molecule has 1 aromatic heterocycles. The molecule has 0 saturated carbocycles. The van der Waals surface area contributed by atoms with E-state index < -0.39 is 0 Å². The Morgan fingerprint density at radius 3 is 2.45 bits per heavy atom. The zero-order valence-electron chi connectivity index (χ0n) is 11.9. The molecule has 0 bridgehead atoms. The average molecular weight is 312 g/mol. The highest BCUT2D eigenvalue weighted by atomic mass is 35.5. The fourth-order valence-corrected chi connectivity index (χ4v) is 2.29. The molecule has 2 N–H and O–H groups in total. The molecule has 2 aromatic carbocycles. The summed E-state index contributed by atoms with van der Waals surface area (Å²) in [4.78, 5) is 19.7. The van der Waals surface area contributed by atoms with Crippen LogP contribution in [0.1, 0.15) is 16.3 Å². The van der Waals surface area contributed by atoms with E-state index in [9.17, 15) is 4.79 Å². The van der Waals surface area contributed by atoms with E-state index >= 15 is 0 Å². The van der Waals surface area contributed by atoms with Crippen molar-refractivity contribution >= 4 is 23.2 Å². The van der Waals surface area contributed by atoms with E-state index in [-0.39, 0.29) is 11.7 Å². The molecule has 4 nitrogen and oxygen atoms in total. The van der Waals surface area contributed by atoms with Crippen molar-refractivity contribution in [3.8, 4) is 11.3 Å². The Kier molecular flexibility index (Phi) is 3.94. The molecule has 0 saturated heterocycles. The van der Waals surface area contributed by atoms with Crippen molar-refractivity contribution < 1.29 is 4.79 Å². The molecule has 1 heterocycles. The van der Waals surface area contributed by atoms with Crippen molar-refractivity contribution in [1.82, 2.24) is 9.97 Å². The number of amides is 1. The summed E-state index contributed by atoms with van der Waals surface area (Å²) in [6.07, 6.45) is 0. The Morgan fingerprint density at radius 2 is 1.77 bits per heavy atom. The van der Waals surface area contributed by atoms with Crippen LogP contribution in [-0.4, -0.2) is 15.9 Å². The lowest BCUT2D eigenvalue weighted by Crippen LogP contribution is -2.13. The Labute approximate surface area is 133 Å². The minimum atomic E-state index is -0.285. The second-order valence-corrected chi connectivity index (χ2v) is 5.32. The van der Waals surface area contributed by atoms with Gasteiger partial charge in [-0.25, -0.2) is 4.98 Å². The molecule has 0 fully saturated rings. The Balaban J connectivity index is 1.83. The molecule has 0 atom stereocenters. The van der Waals surface area contributed by atoms with Crippen LogP contribution in [0.15, 0.2) is 54.6 Å². The zero-order valence-corrected chi connectivity index (χ0v) is 12.7. The first-order valence-corrected chi connectivity index (χ1v) is 7.20. The highest BCUT2D eigenvalue weighted by Crippen LogP contribution is 2.21. The maximum absolute atomic E-state index is 12.3. The van der Waals surface area contributed by atoms with Gasteiger partial charge in [0, 0.05) is 22.0 Å². The largest absolute Gasteiger partial charge is 0.337 e. The van der Waals surface area contributed by atoms with Crippen molar-refractivity contribution in [2.45, 2.75) is 6.92 Å². The highest BCUT2D eigenvalue weighted by molar-refractivity contribution is 6.30. The molecule has 0 unspecified atom stereocenters. The summed E-state index contributed by atoms with van der Waals surface area (Å²) in [6.45, 7) is 1.90. The number of aromatic nitrogens is 2. The van der Waals surface area contributed by atoms with Gasteiger partial charge in [-0.15, -0.1) is 0 Å². The van der Waals surface area contributed by atoms with E-state index in [1.165, 1.54) is 0 Å². The van der Waals surface area contributed by atoms with Gasteiger partial charge in [0.15, 0.2) is 5.82 Å². The minimum absolute atomic E-state index is 0.284. The fraction of sp³-hybridized carbons (Fsp3) is 0.0588. The van der Waals surface area contributed by atoms with Crippen LogP contribution in [0.3, 0.4) is 0 Å². The topological polar surface area (TPSA) is 57.8 Å². The third-order valence-corrected chi connectivity index (χ3v) is 3.50. The first-order valence-electron chi connectivity index (χ1n) is 6.82. The van der Waals surface area contributed by atoms with Crippen molar-refractivity contribution in [3.05, 3.63) is 71.1 Å². The van der Waals surface area contributed by atoms with Gasteiger partial charge in [-0.05, 0) is 31.2 Å². The van der Waals surface area contributed by atoms with Crippen LogP contribution < -0.4 is 5.32 Å². The van der Waals surface area contributed by atoms with E-state index in [0.717, 1.165) is 17.0 Å². The minimum Gasteiger partial charge on any atom is -0.337 e. The number of carbonyl (C=O) groups is 1. The number of carbonyl (C=O) groups excluding carboxylic acids is 1. The summed E-state index contributed by atoms with van der Waals surface area (Å²) in [6, 6.07) is 16.7.